The van der Waals surface area contributed by atoms with Gasteiger partial charge in [0.2, 0.25) is 5.95 Å². The Bertz CT molecular complexity index is 640. The third kappa shape index (κ3) is 1.89. The van der Waals surface area contributed by atoms with Gasteiger partial charge in [0.15, 0.2) is 11.3 Å². The minimum Gasteiger partial charge on any atom is -0.368 e. The predicted octanol–water partition coefficient (Wildman–Crippen LogP) is 0.477. The zero-order valence-corrected chi connectivity index (χ0v) is 12.4. The van der Waals surface area contributed by atoms with Crippen molar-refractivity contribution in [1.82, 2.24) is 25.1 Å². The number of hydrogen-bond acceptors (Lipinski definition) is 6. The van der Waals surface area contributed by atoms with Gasteiger partial charge in [-0.25, -0.2) is 4.98 Å². The maximum absolute atomic E-state index is 5.89. The number of fused-ring (bicyclic) bond motifs is 1. The first-order chi connectivity index (χ1) is 9.51. The van der Waals surface area contributed by atoms with Crippen molar-refractivity contribution in [3.8, 4) is 0 Å². The van der Waals surface area contributed by atoms with E-state index in [4.69, 9.17) is 5.73 Å². The van der Waals surface area contributed by atoms with Gasteiger partial charge in [-0.15, -0.1) is 0 Å². The largest absolute Gasteiger partial charge is 0.368 e. The van der Waals surface area contributed by atoms with Crippen molar-refractivity contribution in [2.24, 2.45) is 7.05 Å². The molecule has 2 aromatic heterocycles. The molecule has 1 saturated heterocycles. The molecule has 108 valence electrons. The summed E-state index contributed by atoms with van der Waals surface area (Å²) < 4.78 is 1.89. The highest BCUT2D eigenvalue weighted by atomic mass is 15.3. The number of aromatic nitrogens is 4. The monoisotopic (exact) mass is 275 g/mol. The Labute approximate surface area is 118 Å². The van der Waals surface area contributed by atoms with Gasteiger partial charge in [0.1, 0.15) is 5.52 Å². The lowest BCUT2D eigenvalue weighted by Crippen LogP contribution is -2.57. The number of nitrogen functional groups attached to an aromatic ring is 1. The Morgan fingerprint density at radius 1 is 1.25 bits per heavy atom. The summed E-state index contributed by atoms with van der Waals surface area (Å²) in [6.45, 7) is 6.12. The quantitative estimate of drug-likeness (QED) is 0.847. The summed E-state index contributed by atoms with van der Waals surface area (Å²) in [6.07, 6.45) is 0. The number of likely N-dealkylation sites (N-methyl/N-ethyl adjacent to an activating group) is 1. The summed E-state index contributed by atoms with van der Waals surface area (Å²) in [7, 11) is 3.92. The van der Waals surface area contributed by atoms with E-state index in [2.05, 4.69) is 39.1 Å². The molecule has 1 aliphatic heterocycles. The third-order valence-electron chi connectivity index (χ3n) is 3.86. The van der Waals surface area contributed by atoms with Gasteiger partial charge in [0, 0.05) is 26.2 Å². The van der Waals surface area contributed by atoms with Crippen molar-refractivity contribution in [1.29, 1.82) is 0 Å². The van der Waals surface area contributed by atoms with Crippen LogP contribution in [-0.2, 0) is 7.05 Å². The molecular weight excluding hydrogens is 254 g/mol. The van der Waals surface area contributed by atoms with Crippen LogP contribution in [0.3, 0.4) is 0 Å². The fraction of sp³-hybridized carbons (Fsp3) is 0.615. The number of nitrogens with one attached hydrogen (secondary N) is 1. The Morgan fingerprint density at radius 2 is 1.95 bits per heavy atom. The molecule has 0 unspecified atom stereocenters. The van der Waals surface area contributed by atoms with Gasteiger partial charge in [-0.2, -0.15) is 10.1 Å². The molecule has 0 aromatic carbocycles. The van der Waals surface area contributed by atoms with Crippen molar-refractivity contribution < 1.29 is 0 Å². The second kappa shape index (κ2) is 4.59. The maximum Gasteiger partial charge on any atom is 0.222 e. The molecule has 7 nitrogen and oxygen atoms in total. The Hall–Kier alpha value is -1.89. The van der Waals surface area contributed by atoms with E-state index in [-0.39, 0.29) is 0 Å². The first kappa shape index (κ1) is 13.1. The van der Waals surface area contributed by atoms with Gasteiger partial charge in [0.05, 0.1) is 5.69 Å². The first-order valence-electron chi connectivity index (χ1n) is 6.93. The van der Waals surface area contributed by atoms with Crippen molar-refractivity contribution in [2.75, 3.05) is 30.8 Å². The van der Waals surface area contributed by atoms with Crippen LogP contribution < -0.4 is 16.0 Å². The van der Waals surface area contributed by atoms with Gasteiger partial charge in [-0.1, -0.05) is 13.8 Å². The Kier molecular flexibility index (Phi) is 3.01. The SMILES string of the molecule is CNC1CN(c2nc(N)nc3c(C(C)C)n(C)nc23)C1. The summed E-state index contributed by atoms with van der Waals surface area (Å²) in [5.74, 6) is 1.51. The van der Waals surface area contributed by atoms with E-state index in [1.165, 1.54) is 0 Å². The Morgan fingerprint density at radius 3 is 2.55 bits per heavy atom. The molecule has 20 heavy (non-hydrogen) atoms. The molecule has 0 spiro atoms. The molecule has 0 bridgehead atoms. The number of nitrogens with zero attached hydrogens (tertiary/aromatic N) is 5. The minimum atomic E-state index is 0.315. The van der Waals surface area contributed by atoms with Crippen LogP contribution in [0.4, 0.5) is 11.8 Å². The summed E-state index contributed by atoms with van der Waals surface area (Å²) in [6, 6.07) is 0.509. The highest BCUT2D eigenvalue weighted by molar-refractivity contribution is 5.89. The van der Waals surface area contributed by atoms with E-state index in [1.54, 1.807) is 0 Å². The zero-order valence-electron chi connectivity index (χ0n) is 12.4. The van der Waals surface area contributed by atoms with E-state index in [0.29, 0.717) is 17.9 Å². The van der Waals surface area contributed by atoms with Gasteiger partial charge in [-0.3, -0.25) is 4.68 Å². The highest BCUT2D eigenvalue weighted by Gasteiger charge is 2.30. The van der Waals surface area contributed by atoms with Crippen LogP contribution in [0.15, 0.2) is 0 Å². The minimum absolute atomic E-state index is 0.315. The van der Waals surface area contributed by atoms with Crippen LogP contribution in [0.2, 0.25) is 0 Å². The smallest absolute Gasteiger partial charge is 0.222 e. The molecule has 3 heterocycles. The van der Waals surface area contributed by atoms with E-state index >= 15 is 0 Å². The molecule has 2 aromatic rings. The molecule has 1 aliphatic rings. The van der Waals surface area contributed by atoms with Gasteiger partial charge in [-0.05, 0) is 13.0 Å². The summed E-state index contributed by atoms with van der Waals surface area (Å²) in [5, 5.41) is 7.86. The van der Waals surface area contributed by atoms with E-state index < -0.39 is 0 Å². The fourth-order valence-corrected chi connectivity index (χ4v) is 2.79. The fourth-order valence-electron chi connectivity index (χ4n) is 2.79. The third-order valence-corrected chi connectivity index (χ3v) is 3.86. The highest BCUT2D eigenvalue weighted by Crippen LogP contribution is 2.31. The molecule has 7 heteroatoms. The van der Waals surface area contributed by atoms with Crippen molar-refractivity contribution >= 4 is 22.8 Å². The second-order valence-corrected chi connectivity index (χ2v) is 5.66. The molecular formula is C13H21N7. The second-order valence-electron chi connectivity index (χ2n) is 5.66. The van der Waals surface area contributed by atoms with Gasteiger partial charge in [0.25, 0.3) is 0 Å². The number of aryl methyl sites for hydroxylation is 1. The molecule has 0 atom stereocenters. The molecule has 0 radical (unpaired) electrons. The molecule has 3 N–H and O–H groups in total. The van der Waals surface area contributed by atoms with E-state index in [9.17, 15) is 0 Å². The van der Waals surface area contributed by atoms with Crippen LogP contribution in [0.5, 0.6) is 0 Å². The maximum atomic E-state index is 5.89. The lowest BCUT2D eigenvalue weighted by atomic mass is 10.1. The molecule has 1 fully saturated rings. The van der Waals surface area contributed by atoms with E-state index in [0.717, 1.165) is 35.6 Å². The van der Waals surface area contributed by atoms with Crippen LogP contribution in [0, 0.1) is 0 Å². The molecule has 0 aliphatic carbocycles. The average Bonchev–Trinajstić information content (AvgIpc) is 2.63. The van der Waals surface area contributed by atoms with Crippen LogP contribution in [0.1, 0.15) is 25.5 Å². The number of hydrogen-bond donors (Lipinski definition) is 2. The van der Waals surface area contributed by atoms with Crippen LogP contribution in [0.25, 0.3) is 11.0 Å². The molecule has 0 saturated carbocycles. The standard InChI is InChI=1S/C13H21N7/c1-7(2)11-9-10(18-19(11)4)12(17-13(14)16-9)20-5-8(6-20)15-3/h7-8,15H,5-6H2,1-4H3,(H2,14,16). The predicted molar refractivity (Wildman–Crippen MR) is 79.9 cm³/mol. The van der Waals surface area contributed by atoms with Gasteiger partial charge < -0.3 is 16.0 Å². The summed E-state index contributed by atoms with van der Waals surface area (Å²) >= 11 is 0. The van der Waals surface area contributed by atoms with E-state index in [1.807, 2.05) is 18.8 Å². The number of rotatable bonds is 3. The molecule has 3 rings (SSSR count). The van der Waals surface area contributed by atoms with Gasteiger partial charge >= 0.3 is 0 Å². The number of nitrogens with two attached hydrogens (primary N) is 1. The summed E-state index contributed by atoms with van der Waals surface area (Å²) in [4.78, 5) is 11.0. The average molecular weight is 275 g/mol. The van der Waals surface area contributed by atoms with Crippen LogP contribution >= 0.6 is 0 Å². The van der Waals surface area contributed by atoms with Crippen LogP contribution in [-0.4, -0.2) is 45.9 Å². The normalized spacial score (nSPS) is 16.1. The van der Waals surface area contributed by atoms with Crippen molar-refractivity contribution in [3.05, 3.63) is 5.69 Å². The Balaban J connectivity index is 2.11. The first-order valence-corrected chi connectivity index (χ1v) is 6.93. The summed E-state index contributed by atoms with van der Waals surface area (Å²) in [5.41, 5.74) is 8.70. The lowest BCUT2D eigenvalue weighted by molar-refractivity contribution is 0.448. The lowest BCUT2D eigenvalue weighted by Gasteiger charge is -2.39. The zero-order chi connectivity index (χ0) is 14.4. The molecule has 0 amide bonds. The topological polar surface area (TPSA) is 84.9 Å². The van der Waals surface area contributed by atoms with Crippen molar-refractivity contribution in [3.63, 3.8) is 0 Å². The van der Waals surface area contributed by atoms with Crippen molar-refractivity contribution in [2.45, 2.75) is 25.8 Å². The number of anilines is 2.